The molecule has 0 spiro atoms. The van der Waals surface area contributed by atoms with Crippen LogP contribution in [-0.2, 0) is 0 Å². The third kappa shape index (κ3) is 3.56. The summed E-state index contributed by atoms with van der Waals surface area (Å²) in [5.74, 6) is 0.146. The van der Waals surface area contributed by atoms with Crippen molar-refractivity contribution in [3.8, 4) is 0 Å². The van der Waals surface area contributed by atoms with E-state index in [0.717, 1.165) is 18.5 Å². The molecule has 1 fully saturated rings. The Hall–Kier alpha value is -1.86. The molecule has 5 nitrogen and oxygen atoms in total. The number of aliphatic hydroxyl groups excluding tert-OH is 1. The SMILES string of the molecule is C[C@@H](O)CN1CCN(c2nc(C(F)F)nc3ccccc23)CC1. The number of piperazine rings is 1. The van der Waals surface area contributed by atoms with Crippen molar-refractivity contribution in [2.75, 3.05) is 37.6 Å². The Kier molecular flexibility index (Phi) is 4.68. The fourth-order valence-electron chi connectivity index (χ4n) is 2.93. The number of benzene rings is 1. The zero-order chi connectivity index (χ0) is 16.4. The van der Waals surface area contributed by atoms with E-state index in [9.17, 15) is 13.9 Å². The fourth-order valence-corrected chi connectivity index (χ4v) is 2.93. The van der Waals surface area contributed by atoms with Crippen molar-refractivity contribution in [2.45, 2.75) is 19.5 Å². The van der Waals surface area contributed by atoms with Crippen LogP contribution in [0.5, 0.6) is 0 Å². The molecule has 1 aromatic carbocycles. The van der Waals surface area contributed by atoms with Gasteiger partial charge in [-0.05, 0) is 19.1 Å². The van der Waals surface area contributed by atoms with E-state index in [1.807, 2.05) is 17.0 Å². The molecule has 23 heavy (non-hydrogen) atoms. The van der Waals surface area contributed by atoms with Crippen molar-refractivity contribution in [2.24, 2.45) is 0 Å². The molecule has 1 N–H and O–H groups in total. The minimum absolute atomic E-state index is 0.369. The number of halogens is 2. The summed E-state index contributed by atoms with van der Waals surface area (Å²) in [6.45, 7) is 5.31. The van der Waals surface area contributed by atoms with Gasteiger partial charge in [-0.15, -0.1) is 0 Å². The van der Waals surface area contributed by atoms with Crippen molar-refractivity contribution in [1.82, 2.24) is 14.9 Å². The van der Waals surface area contributed by atoms with Crippen molar-refractivity contribution >= 4 is 16.7 Å². The van der Waals surface area contributed by atoms with E-state index in [1.165, 1.54) is 0 Å². The maximum Gasteiger partial charge on any atom is 0.297 e. The van der Waals surface area contributed by atoms with E-state index >= 15 is 0 Å². The maximum atomic E-state index is 13.1. The predicted molar refractivity (Wildman–Crippen MR) is 84.8 cm³/mol. The van der Waals surface area contributed by atoms with Crippen LogP contribution in [0.2, 0.25) is 0 Å². The minimum atomic E-state index is -2.69. The monoisotopic (exact) mass is 322 g/mol. The van der Waals surface area contributed by atoms with Crippen LogP contribution in [0, 0.1) is 0 Å². The van der Waals surface area contributed by atoms with Crippen LogP contribution < -0.4 is 4.90 Å². The van der Waals surface area contributed by atoms with Gasteiger partial charge >= 0.3 is 0 Å². The molecule has 3 rings (SSSR count). The van der Waals surface area contributed by atoms with Gasteiger partial charge in [0.1, 0.15) is 5.82 Å². The molecule has 1 aliphatic heterocycles. The second kappa shape index (κ2) is 6.72. The van der Waals surface area contributed by atoms with Gasteiger partial charge in [0.2, 0.25) is 0 Å². The molecule has 0 bridgehead atoms. The summed E-state index contributed by atoms with van der Waals surface area (Å²) in [7, 11) is 0. The lowest BCUT2D eigenvalue weighted by Crippen LogP contribution is -2.48. The number of alkyl halides is 2. The zero-order valence-corrected chi connectivity index (χ0v) is 13.0. The lowest BCUT2D eigenvalue weighted by molar-refractivity contribution is 0.122. The number of para-hydroxylation sites is 1. The largest absolute Gasteiger partial charge is 0.392 e. The molecule has 1 atom stereocenters. The van der Waals surface area contributed by atoms with E-state index in [-0.39, 0.29) is 6.10 Å². The van der Waals surface area contributed by atoms with Gasteiger partial charge in [-0.25, -0.2) is 18.7 Å². The third-order valence-corrected chi connectivity index (χ3v) is 3.99. The number of nitrogens with zero attached hydrogens (tertiary/aromatic N) is 4. The second-order valence-corrected chi connectivity index (χ2v) is 5.86. The van der Waals surface area contributed by atoms with Crippen molar-refractivity contribution in [3.05, 3.63) is 30.1 Å². The summed E-state index contributed by atoms with van der Waals surface area (Å²) >= 11 is 0. The number of anilines is 1. The zero-order valence-electron chi connectivity index (χ0n) is 13.0. The van der Waals surface area contributed by atoms with E-state index in [4.69, 9.17) is 0 Å². The standard InChI is InChI=1S/C16H20F2N4O/c1-11(23)10-21-6-8-22(9-7-21)16-12-4-2-3-5-13(12)19-15(20-16)14(17)18/h2-5,11,14,23H,6-10H2,1H3/t11-/m1/s1. The first-order valence-electron chi connectivity index (χ1n) is 7.75. The van der Waals surface area contributed by atoms with Crippen LogP contribution in [0.25, 0.3) is 10.9 Å². The summed E-state index contributed by atoms with van der Waals surface area (Å²) in [6.07, 6.45) is -3.05. The molecule has 2 heterocycles. The molecular formula is C16H20F2N4O. The topological polar surface area (TPSA) is 52.5 Å². The molecule has 0 unspecified atom stereocenters. The lowest BCUT2D eigenvalue weighted by atomic mass is 10.2. The number of aliphatic hydroxyl groups is 1. The fraction of sp³-hybridized carbons (Fsp3) is 0.500. The molecule has 124 valence electrons. The highest BCUT2D eigenvalue weighted by molar-refractivity contribution is 5.89. The normalized spacial score (nSPS) is 17.9. The minimum Gasteiger partial charge on any atom is -0.392 e. The quantitative estimate of drug-likeness (QED) is 0.934. The summed E-state index contributed by atoms with van der Waals surface area (Å²) in [6, 6.07) is 7.24. The van der Waals surface area contributed by atoms with Crippen LogP contribution >= 0.6 is 0 Å². The van der Waals surface area contributed by atoms with Crippen molar-refractivity contribution in [3.63, 3.8) is 0 Å². The Morgan fingerprint density at radius 2 is 1.83 bits per heavy atom. The van der Waals surface area contributed by atoms with E-state index in [1.54, 1.807) is 19.1 Å². The number of aromatic nitrogens is 2. The van der Waals surface area contributed by atoms with Gasteiger partial charge in [0, 0.05) is 38.1 Å². The van der Waals surface area contributed by atoms with Crippen LogP contribution in [0.1, 0.15) is 19.2 Å². The number of fused-ring (bicyclic) bond motifs is 1. The Labute approximate surface area is 133 Å². The summed E-state index contributed by atoms with van der Waals surface area (Å²) < 4.78 is 26.1. The molecule has 1 aromatic heterocycles. The highest BCUT2D eigenvalue weighted by atomic mass is 19.3. The molecule has 0 aliphatic carbocycles. The Morgan fingerprint density at radius 3 is 2.48 bits per heavy atom. The van der Waals surface area contributed by atoms with E-state index < -0.39 is 12.2 Å². The second-order valence-electron chi connectivity index (χ2n) is 5.86. The molecular weight excluding hydrogens is 302 g/mol. The van der Waals surface area contributed by atoms with Gasteiger partial charge in [-0.3, -0.25) is 4.90 Å². The predicted octanol–water partition coefficient (Wildman–Crippen LogP) is 2.07. The van der Waals surface area contributed by atoms with Gasteiger partial charge in [0.15, 0.2) is 5.82 Å². The first kappa shape index (κ1) is 16.0. The lowest BCUT2D eigenvalue weighted by Gasteiger charge is -2.36. The molecule has 0 saturated carbocycles. The molecule has 2 aromatic rings. The van der Waals surface area contributed by atoms with Crippen LogP contribution in [0.4, 0.5) is 14.6 Å². The first-order chi connectivity index (χ1) is 11.0. The van der Waals surface area contributed by atoms with Gasteiger partial charge < -0.3 is 10.0 Å². The average molecular weight is 322 g/mol. The highest BCUT2D eigenvalue weighted by Crippen LogP contribution is 2.27. The Bertz CT molecular complexity index is 672. The van der Waals surface area contributed by atoms with Crippen LogP contribution in [-0.4, -0.2) is 58.8 Å². The summed E-state index contributed by atoms with van der Waals surface area (Å²) in [4.78, 5) is 12.2. The average Bonchev–Trinajstić information content (AvgIpc) is 2.54. The number of hydrogen-bond donors (Lipinski definition) is 1. The first-order valence-corrected chi connectivity index (χ1v) is 7.75. The van der Waals surface area contributed by atoms with Crippen LogP contribution in [0.3, 0.4) is 0 Å². The Balaban J connectivity index is 1.87. The van der Waals surface area contributed by atoms with E-state index in [0.29, 0.717) is 31.0 Å². The highest BCUT2D eigenvalue weighted by Gasteiger charge is 2.23. The van der Waals surface area contributed by atoms with E-state index in [2.05, 4.69) is 14.9 Å². The third-order valence-electron chi connectivity index (χ3n) is 3.99. The smallest absolute Gasteiger partial charge is 0.297 e. The number of β-amino-alcohol motifs (C(OH)–C–C–N with tert-alkyl or cyclic N) is 1. The number of hydrogen-bond acceptors (Lipinski definition) is 5. The number of rotatable bonds is 4. The molecule has 0 radical (unpaired) electrons. The molecule has 7 heteroatoms. The van der Waals surface area contributed by atoms with Crippen LogP contribution in [0.15, 0.2) is 24.3 Å². The van der Waals surface area contributed by atoms with Gasteiger partial charge in [0.25, 0.3) is 6.43 Å². The van der Waals surface area contributed by atoms with Gasteiger partial charge in [-0.1, -0.05) is 12.1 Å². The van der Waals surface area contributed by atoms with Crippen molar-refractivity contribution in [1.29, 1.82) is 0 Å². The van der Waals surface area contributed by atoms with Crippen molar-refractivity contribution < 1.29 is 13.9 Å². The molecule has 1 saturated heterocycles. The van der Waals surface area contributed by atoms with Gasteiger partial charge in [-0.2, -0.15) is 0 Å². The molecule has 0 amide bonds. The maximum absolute atomic E-state index is 13.1. The summed E-state index contributed by atoms with van der Waals surface area (Å²) in [5, 5.41) is 10.3. The molecule has 1 aliphatic rings. The summed E-state index contributed by atoms with van der Waals surface area (Å²) in [5.41, 5.74) is 0.541. The van der Waals surface area contributed by atoms with Gasteiger partial charge in [0.05, 0.1) is 11.6 Å². The Morgan fingerprint density at radius 1 is 1.13 bits per heavy atom.